The first-order valence-electron chi connectivity index (χ1n) is 5.53. The Hall–Kier alpha value is -1.65. The van der Waals surface area contributed by atoms with Crippen LogP contribution in [0.2, 0.25) is 0 Å². The maximum atomic E-state index is 11.5. The highest BCUT2D eigenvalue weighted by atomic mass is 31.1. The number of benzene rings is 1. The van der Waals surface area contributed by atoms with Gasteiger partial charge in [-0.15, -0.1) is 0 Å². The molecule has 0 spiro atoms. The van der Waals surface area contributed by atoms with E-state index in [0.717, 1.165) is 6.92 Å². The van der Waals surface area contributed by atoms with E-state index in [1.807, 2.05) is 0 Å². The van der Waals surface area contributed by atoms with Crippen molar-refractivity contribution >= 4 is 20.0 Å². The summed E-state index contributed by atoms with van der Waals surface area (Å²) in [5.74, 6) is -3.77. The molecule has 0 amide bonds. The van der Waals surface area contributed by atoms with E-state index < -0.39 is 37.5 Å². The van der Waals surface area contributed by atoms with Crippen LogP contribution in [0.15, 0.2) is 30.3 Å². The quantitative estimate of drug-likeness (QED) is 0.684. The van der Waals surface area contributed by atoms with Gasteiger partial charge in [-0.25, -0.2) is 0 Å². The predicted octanol–water partition coefficient (Wildman–Crippen LogP) is 1.56. The van der Waals surface area contributed by atoms with Crippen LogP contribution in [0.4, 0.5) is 0 Å². The van der Waals surface area contributed by atoms with Gasteiger partial charge in [0.1, 0.15) is 5.16 Å². The lowest BCUT2D eigenvalue weighted by Crippen LogP contribution is -2.39. The molecule has 1 aromatic rings. The molecule has 0 heterocycles. The lowest BCUT2D eigenvalue weighted by atomic mass is 9.84. The maximum absolute atomic E-state index is 11.5. The maximum Gasteiger partial charge on any atom is 0.319 e. The Morgan fingerprint density at radius 2 is 1.79 bits per heavy atom. The highest BCUT2D eigenvalue weighted by Gasteiger charge is 2.48. The summed E-state index contributed by atoms with van der Waals surface area (Å²) in [6.45, 7) is 1.11. The van der Waals surface area contributed by atoms with Crippen molar-refractivity contribution in [3.8, 4) is 0 Å². The first-order valence-corrected chi connectivity index (χ1v) is 6.89. The highest BCUT2D eigenvalue weighted by molar-refractivity contribution is 7.41. The topological polar surface area (TPSA) is 112 Å². The van der Waals surface area contributed by atoms with Gasteiger partial charge in [0, 0.05) is 5.92 Å². The van der Waals surface area contributed by atoms with Gasteiger partial charge in [0.05, 0.1) is 6.42 Å². The molecule has 3 N–H and O–H groups in total. The van der Waals surface area contributed by atoms with Gasteiger partial charge < -0.3 is 15.1 Å². The van der Waals surface area contributed by atoms with E-state index in [4.69, 9.17) is 5.11 Å². The fourth-order valence-corrected chi connectivity index (χ4v) is 2.65. The van der Waals surface area contributed by atoms with Gasteiger partial charge in [-0.05, 0) is 12.5 Å². The van der Waals surface area contributed by atoms with E-state index in [-0.39, 0.29) is 0 Å². The van der Waals surface area contributed by atoms with Crippen LogP contribution in [0.3, 0.4) is 0 Å². The van der Waals surface area contributed by atoms with Gasteiger partial charge in [0.25, 0.3) is 0 Å². The molecule has 7 heteroatoms. The number of carboxylic acid groups (broad SMARTS) is 2. The molecule has 0 aliphatic heterocycles. The van der Waals surface area contributed by atoms with Crippen LogP contribution >= 0.6 is 8.03 Å². The van der Waals surface area contributed by atoms with Crippen molar-refractivity contribution in [2.45, 2.75) is 24.4 Å². The van der Waals surface area contributed by atoms with Gasteiger partial charge in [0.15, 0.2) is 0 Å². The Morgan fingerprint density at radius 3 is 2.16 bits per heavy atom. The van der Waals surface area contributed by atoms with E-state index in [1.54, 1.807) is 30.3 Å². The summed E-state index contributed by atoms with van der Waals surface area (Å²) in [6, 6.07) is 8.06. The molecular weight excluding hydrogens is 271 g/mol. The summed E-state index contributed by atoms with van der Waals surface area (Å²) in [5.41, 5.74) is 0.419. The number of carbonyl (C=O) groups is 2. The highest BCUT2D eigenvalue weighted by Crippen LogP contribution is 2.47. The van der Waals surface area contributed by atoms with Crippen LogP contribution in [-0.2, 0) is 14.2 Å². The summed E-state index contributed by atoms with van der Waals surface area (Å²) in [5, 5.41) is 16.1. The Labute approximate surface area is 110 Å². The van der Waals surface area contributed by atoms with Gasteiger partial charge in [0.2, 0.25) is 8.03 Å². The monoisotopic (exact) mass is 286 g/mol. The van der Waals surface area contributed by atoms with Crippen molar-refractivity contribution in [1.82, 2.24) is 0 Å². The second-order valence-corrected chi connectivity index (χ2v) is 6.02. The molecule has 6 nitrogen and oxygen atoms in total. The largest absolute Gasteiger partial charge is 0.481 e. The molecule has 0 aliphatic carbocycles. The van der Waals surface area contributed by atoms with Crippen LogP contribution in [0, 0.1) is 0 Å². The minimum Gasteiger partial charge on any atom is -0.481 e. The van der Waals surface area contributed by atoms with Gasteiger partial charge >= 0.3 is 11.9 Å². The average molecular weight is 286 g/mol. The van der Waals surface area contributed by atoms with E-state index in [0.29, 0.717) is 5.56 Å². The Balaban J connectivity index is 3.34. The molecule has 3 atom stereocenters. The SMILES string of the molecule is CC(C(=O)O)(C(CC(=O)O)c1ccccc1)[PH](=O)O. The normalized spacial score (nSPS) is 17.2. The summed E-state index contributed by atoms with van der Waals surface area (Å²) in [6.07, 6.45) is -0.524. The van der Waals surface area contributed by atoms with E-state index in [1.165, 1.54) is 0 Å². The number of carboxylic acids is 2. The van der Waals surface area contributed by atoms with Crippen LogP contribution in [0.1, 0.15) is 24.8 Å². The number of hydrogen-bond donors (Lipinski definition) is 3. The summed E-state index contributed by atoms with van der Waals surface area (Å²) < 4.78 is 11.5. The molecule has 0 aromatic heterocycles. The minimum absolute atomic E-state index is 0.419. The molecule has 0 saturated heterocycles. The number of hydrogen-bond acceptors (Lipinski definition) is 3. The fraction of sp³-hybridized carbons (Fsp3) is 0.333. The molecule has 1 rings (SSSR count). The molecule has 104 valence electrons. The minimum atomic E-state index is -3.47. The smallest absolute Gasteiger partial charge is 0.319 e. The lowest BCUT2D eigenvalue weighted by molar-refractivity contribution is -0.141. The van der Waals surface area contributed by atoms with Gasteiger partial charge in [-0.1, -0.05) is 30.3 Å². The molecule has 1 aromatic carbocycles. The third-order valence-corrected chi connectivity index (χ3v) is 4.62. The number of rotatable bonds is 6. The Bertz CT molecular complexity index is 484. The van der Waals surface area contributed by atoms with Gasteiger partial charge in [-0.3, -0.25) is 14.2 Å². The second kappa shape index (κ2) is 5.99. The standard InChI is InChI=1S/C12H15O6P/c1-12(11(15)16,19(17)18)9(7-10(13)14)8-5-3-2-4-6-8/h2-6,9,19H,7H2,1H3,(H,13,14)(H,15,16)(H,17,18). The van der Waals surface area contributed by atoms with Crippen molar-refractivity contribution in [3.63, 3.8) is 0 Å². The Kier molecular flexibility index (Phi) is 4.86. The van der Waals surface area contributed by atoms with Crippen molar-refractivity contribution < 1.29 is 29.3 Å². The van der Waals surface area contributed by atoms with Crippen molar-refractivity contribution in [3.05, 3.63) is 35.9 Å². The van der Waals surface area contributed by atoms with Crippen LogP contribution in [0.5, 0.6) is 0 Å². The van der Waals surface area contributed by atoms with Gasteiger partial charge in [-0.2, -0.15) is 0 Å². The average Bonchev–Trinajstić information content (AvgIpc) is 2.35. The zero-order valence-corrected chi connectivity index (χ0v) is 11.2. The lowest BCUT2D eigenvalue weighted by Gasteiger charge is -2.30. The summed E-state index contributed by atoms with van der Waals surface area (Å²) >= 11 is 0. The molecule has 3 unspecified atom stereocenters. The van der Waals surface area contributed by atoms with E-state index in [2.05, 4.69) is 0 Å². The second-order valence-electron chi connectivity index (χ2n) is 4.37. The van der Waals surface area contributed by atoms with Crippen LogP contribution in [-0.4, -0.2) is 32.2 Å². The van der Waals surface area contributed by atoms with Crippen LogP contribution in [0.25, 0.3) is 0 Å². The number of aliphatic carboxylic acids is 2. The van der Waals surface area contributed by atoms with E-state index in [9.17, 15) is 24.2 Å². The molecule has 0 saturated carbocycles. The van der Waals surface area contributed by atoms with Crippen molar-refractivity contribution in [2.24, 2.45) is 0 Å². The molecule has 0 aliphatic rings. The fourth-order valence-electron chi connectivity index (χ4n) is 1.90. The molecule has 0 radical (unpaired) electrons. The third-order valence-electron chi connectivity index (χ3n) is 3.17. The summed E-state index contributed by atoms with van der Waals surface area (Å²) in [7, 11) is -3.47. The zero-order chi connectivity index (χ0) is 14.6. The first-order chi connectivity index (χ1) is 8.80. The Morgan fingerprint density at radius 1 is 1.26 bits per heavy atom. The zero-order valence-electron chi connectivity index (χ0n) is 10.2. The first kappa shape index (κ1) is 15.4. The van der Waals surface area contributed by atoms with Crippen molar-refractivity contribution in [2.75, 3.05) is 0 Å². The molecular formula is C12H15O6P. The molecule has 0 bridgehead atoms. The van der Waals surface area contributed by atoms with Crippen molar-refractivity contribution in [1.29, 1.82) is 0 Å². The third kappa shape index (κ3) is 3.22. The van der Waals surface area contributed by atoms with Crippen LogP contribution < -0.4 is 0 Å². The molecule has 19 heavy (non-hydrogen) atoms. The summed E-state index contributed by atoms with van der Waals surface area (Å²) in [4.78, 5) is 31.6. The van der Waals surface area contributed by atoms with E-state index >= 15 is 0 Å². The molecule has 0 fully saturated rings. The predicted molar refractivity (Wildman–Crippen MR) is 68.7 cm³/mol.